The van der Waals surface area contributed by atoms with Crippen molar-refractivity contribution < 1.29 is 14.2 Å². The first-order valence-electron chi connectivity index (χ1n) is 20.1. The summed E-state index contributed by atoms with van der Waals surface area (Å²) in [6.45, 7) is 2.06. The Balaban J connectivity index is 1.15. The third kappa shape index (κ3) is 6.32. The first-order chi connectivity index (χ1) is 30.5. The minimum absolute atomic E-state index is 0.451. The molecule has 294 valence electrons. The second-order valence-corrected chi connectivity index (χ2v) is 15.0. The van der Waals surface area contributed by atoms with Gasteiger partial charge >= 0.3 is 0 Å². The standard InChI is InChI=1S/C51H32N8O3/c1-29-17-21-36-40(25-29)48-52-44(36)54-49-42-27-34(61-31-13-7-3-8-14-31)19-23-38(42)46(56-49)58-51-43-28-35(62-32-15-9-4-10-16-32)20-24-39(43)47(59-51)57-50-41-26-33(60-30-11-5-2-6-12-30)18-22-37(41)45(53-48)55-50/h2-28H,1H3,(H2,52,53,54,55,56,57,58,59). The molecule has 0 amide bonds. The summed E-state index contributed by atoms with van der Waals surface area (Å²) in [6, 6.07) is 52.8. The van der Waals surface area contributed by atoms with Gasteiger partial charge in [0, 0.05) is 43.8 Å². The summed E-state index contributed by atoms with van der Waals surface area (Å²) in [5, 5.41) is 3.25. The highest BCUT2D eigenvalue weighted by atomic mass is 16.5. The van der Waals surface area contributed by atoms with Crippen molar-refractivity contribution in [3.05, 3.63) is 169 Å². The average Bonchev–Trinajstić information content (AvgIpc) is 4.02. The van der Waals surface area contributed by atoms with E-state index in [1.165, 1.54) is 0 Å². The van der Waals surface area contributed by atoms with Crippen molar-refractivity contribution >= 4 is 44.1 Å². The number of hydrogen-bond acceptors (Lipinski definition) is 9. The second-order valence-electron chi connectivity index (χ2n) is 15.0. The molecule has 2 aliphatic rings. The third-order valence-electron chi connectivity index (χ3n) is 10.8. The zero-order valence-electron chi connectivity index (χ0n) is 33.0. The maximum atomic E-state index is 6.31. The molecule has 3 aromatic heterocycles. The van der Waals surface area contributed by atoms with Gasteiger partial charge in [0.25, 0.3) is 0 Å². The van der Waals surface area contributed by atoms with Crippen molar-refractivity contribution in [3.8, 4) is 80.0 Å². The molecule has 10 aromatic rings. The van der Waals surface area contributed by atoms with Crippen LogP contribution in [0.1, 0.15) is 5.56 Å². The minimum Gasteiger partial charge on any atom is -0.457 e. The van der Waals surface area contributed by atoms with Gasteiger partial charge in [0.1, 0.15) is 57.1 Å². The molecule has 8 bridgehead atoms. The van der Waals surface area contributed by atoms with Crippen molar-refractivity contribution in [1.82, 2.24) is 39.9 Å². The van der Waals surface area contributed by atoms with Crippen LogP contribution in [0, 0.1) is 6.92 Å². The van der Waals surface area contributed by atoms with E-state index in [-0.39, 0.29) is 0 Å². The predicted molar refractivity (Wildman–Crippen MR) is 240 cm³/mol. The van der Waals surface area contributed by atoms with Crippen molar-refractivity contribution in [2.45, 2.75) is 6.92 Å². The van der Waals surface area contributed by atoms with Crippen LogP contribution in [0.5, 0.6) is 34.5 Å². The molecule has 11 heteroatoms. The lowest BCUT2D eigenvalue weighted by atomic mass is 10.1. The molecule has 2 aliphatic heterocycles. The van der Waals surface area contributed by atoms with E-state index in [9.17, 15) is 0 Å². The van der Waals surface area contributed by atoms with E-state index < -0.39 is 0 Å². The minimum atomic E-state index is 0.451. The number of fused-ring (bicyclic) bond motifs is 20. The monoisotopic (exact) mass is 804 g/mol. The molecule has 0 spiro atoms. The van der Waals surface area contributed by atoms with Gasteiger partial charge in [0.15, 0.2) is 23.3 Å². The summed E-state index contributed by atoms with van der Waals surface area (Å²) in [5.74, 6) is 6.04. The smallest absolute Gasteiger partial charge is 0.164 e. The lowest BCUT2D eigenvalue weighted by Gasteiger charge is -2.07. The molecule has 0 aliphatic carbocycles. The Morgan fingerprint density at radius 1 is 0.306 bits per heavy atom. The number of aromatic nitrogens is 8. The SMILES string of the molecule is Cc1ccc2c(c1)-c1nc-2nc2[nH]c(nc3nc(nc4[nH]c(n1)c1ccc(Oc5ccccc5)cc41)-c1ccc(Oc4ccccc4)cc1-3)c1ccc(Oc3ccccc3)cc21. The number of H-pyrrole nitrogens is 2. The van der Waals surface area contributed by atoms with Crippen molar-refractivity contribution in [2.24, 2.45) is 0 Å². The van der Waals surface area contributed by atoms with Crippen LogP contribution >= 0.6 is 0 Å². The zero-order chi connectivity index (χ0) is 41.1. The largest absolute Gasteiger partial charge is 0.457 e. The summed E-state index contributed by atoms with van der Waals surface area (Å²) >= 11 is 0. The normalized spacial score (nSPS) is 11.6. The predicted octanol–water partition coefficient (Wildman–Crippen LogP) is 12.6. The summed E-state index contributed by atoms with van der Waals surface area (Å²) in [6.07, 6.45) is 0. The Kier molecular flexibility index (Phi) is 8.10. The Morgan fingerprint density at radius 2 is 0.677 bits per heavy atom. The highest BCUT2D eigenvalue weighted by Gasteiger charge is 2.24. The van der Waals surface area contributed by atoms with Crippen molar-refractivity contribution in [2.75, 3.05) is 0 Å². The molecular formula is C51H32N8O3. The average molecular weight is 805 g/mol. The highest BCUT2D eigenvalue weighted by molar-refractivity contribution is 6.07. The first kappa shape index (κ1) is 35.3. The first-order valence-corrected chi connectivity index (χ1v) is 20.1. The topological polar surface area (TPSA) is 137 Å². The highest BCUT2D eigenvalue weighted by Crippen LogP contribution is 2.40. The number of aryl methyl sites for hydroxylation is 1. The van der Waals surface area contributed by atoms with Gasteiger partial charge < -0.3 is 24.2 Å². The van der Waals surface area contributed by atoms with Crippen LogP contribution in [-0.2, 0) is 0 Å². The maximum Gasteiger partial charge on any atom is 0.164 e. The number of nitrogens with one attached hydrogen (secondary N) is 2. The van der Waals surface area contributed by atoms with Crippen molar-refractivity contribution in [3.63, 3.8) is 0 Å². The number of rotatable bonds is 6. The van der Waals surface area contributed by atoms with Gasteiger partial charge in [-0.25, -0.2) is 29.9 Å². The fourth-order valence-corrected chi connectivity index (χ4v) is 7.91. The lowest BCUT2D eigenvalue weighted by Crippen LogP contribution is -1.87. The molecule has 62 heavy (non-hydrogen) atoms. The second kappa shape index (κ2) is 14.2. The summed E-state index contributed by atoms with van der Waals surface area (Å²) in [7, 11) is 0. The molecule has 0 fully saturated rings. The quantitative estimate of drug-likeness (QED) is 0.168. The Labute approximate surface area is 353 Å². The maximum absolute atomic E-state index is 6.31. The van der Waals surface area contributed by atoms with E-state index >= 15 is 0 Å². The molecule has 2 N–H and O–H groups in total. The molecule has 11 nitrogen and oxygen atoms in total. The van der Waals surface area contributed by atoms with E-state index in [0.717, 1.165) is 60.9 Å². The fraction of sp³-hybridized carbons (Fsp3) is 0.0196. The Bertz CT molecular complexity index is 3520. The van der Waals surface area contributed by atoms with Gasteiger partial charge in [0.2, 0.25) is 0 Å². The van der Waals surface area contributed by atoms with Gasteiger partial charge in [0.05, 0.1) is 0 Å². The van der Waals surface area contributed by atoms with Crippen molar-refractivity contribution in [1.29, 1.82) is 0 Å². The molecule has 0 saturated heterocycles. The Hall–Kier alpha value is -8.70. The van der Waals surface area contributed by atoms with E-state index in [2.05, 4.69) is 29.0 Å². The number of hydrogen-bond donors (Lipinski definition) is 2. The van der Waals surface area contributed by atoms with E-state index in [0.29, 0.717) is 68.9 Å². The van der Waals surface area contributed by atoms with Crippen LogP contribution in [0.15, 0.2) is 164 Å². The van der Waals surface area contributed by atoms with Crippen LogP contribution in [0.3, 0.4) is 0 Å². The van der Waals surface area contributed by atoms with Gasteiger partial charge in [-0.05, 0) is 104 Å². The summed E-state index contributed by atoms with van der Waals surface area (Å²) in [4.78, 5) is 38.1. The molecule has 5 heterocycles. The number of ether oxygens (including phenoxy) is 3. The van der Waals surface area contributed by atoms with Crippen LogP contribution in [0.4, 0.5) is 0 Å². The molecular weight excluding hydrogens is 773 g/mol. The molecule has 0 radical (unpaired) electrons. The van der Waals surface area contributed by atoms with Crippen LogP contribution < -0.4 is 14.2 Å². The number of benzene rings is 7. The Morgan fingerprint density at radius 3 is 1.15 bits per heavy atom. The van der Waals surface area contributed by atoms with Gasteiger partial charge in [-0.1, -0.05) is 72.3 Å². The fourth-order valence-electron chi connectivity index (χ4n) is 7.91. The van der Waals surface area contributed by atoms with E-state index in [4.69, 9.17) is 44.1 Å². The molecule has 12 rings (SSSR count). The molecule has 0 saturated carbocycles. The number of aromatic amines is 2. The number of nitrogens with zero attached hydrogens (tertiary/aromatic N) is 6. The van der Waals surface area contributed by atoms with Gasteiger partial charge in [-0.3, -0.25) is 0 Å². The van der Waals surface area contributed by atoms with Gasteiger partial charge in [-0.2, -0.15) is 0 Å². The van der Waals surface area contributed by atoms with E-state index in [1.54, 1.807) is 0 Å². The van der Waals surface area contributed by atoms with Crippen LogP contribution in [0.2, 0.25) is 0 Å². The summed E-state index contributed by atoms with van der Waals surface area (Å²) < 4.78 is 18.9. The van der Waals surface area contributed by atoms with Crippen LogP contribution in [0.25, 0.3) is 89.7 Å². The summed E-state index contributed by atoms with van der Waals surface area (Å²) in [5.41, 5.74) is 6.59. The number of para-hydroxylation sites is 3. The van der Waals surface area contributed by atoms with Gasteiger partial charge in [-0.15, -0.1) is 0 Å². The van der Waals surface area contributed by atoms with E-state index in [1.807, 2.05) is 152 Å². The molecule has 7 aromatic carbocycles. The third-order valence-corrected chi connectivity index (χ3v) is 10.8. The van der Waals surface area contributed by atoms with Crippen LogP contribution in [-0.4, -0.2) is 39.9 Å². The zero-order valence-corrected chi connectivity index (χ0v) is 33.0. The lowest BCUT2D eigenvalue weighted by molar-refractivity contribution is 0.483. The molecule has 0 atom stereocenters. The molecule has 0 unspecified atom stereocenters.